The molecule has 2 aromatic rings. The first-order valence-electron chi connectivity index (χ1n) is 7.00. The Bertz CT molecular complexity index is 632. The molecule has 2 N–H and O–H groups in total. The number of rotatable bonds is 7. The second kappa shape index (κ2) is 9.08. The summed E-state index contributed by atoms with van der Waals surface area (Å²) in [6, 6.07) is 13.2. The van der Waals surface area contributed by atoms with Crippen molar-refractivity contribution in [3.05, 3.63) is 66.2 Å². The third kappa shape index (κ3) is 4.65. The summed E-state index contributed by atoms with van der Waals surface area (Å²) in [5.74, 6) is 1.88. The van der Waals surface area contributed by atoms with Crippen LogP contribution in [0, 0.1) is 0 Å². The predicted molar refractivity (Wildman–Crippen MR) is 94.7 cm³/mol. The quantitative estimate of drug-likeness (QED) is 0.780. The molecule has 0 fully saturated rings. The predicted octanol–water partition coefficient (Wildman–Crippen LogP) is 3.89. The Hall–Kier alpha value is -2.17. The Kier molecular flexibility index (Phi) is 7.45. The minimum atomic E-state index is -0.342. The molecule has 0 aliphatic rings. The minimum Gasteiger partial charge on any atom is -0.493 e. The Morgan fingerprint density at radius 2 is 1.65 bits per heavy atom. The summed E-state index contributed by atoms with van der Waals surface area (Å²) < 4.78 is 16.6. The summed E-state index contributed by atoms with van der Waals surface area (Å²) >= 11 is 0. The lowest BCUT2D eigenvalue weighted by Crippen LogP contribution is -2.10. The van der Waals surface area contributed by atoms with Crippen LogP contribution in [0.15, 0.2) is 55.1 Å². The zero-order chi connectivity index (χ0) is 15.9. The molecule has 124 valence electrons. The Balaban J connectivity index is 0.00000264. The van der Waals surface area contributed by atoms with E-state index in [1.54, 1.807) is 26.4 Å². The van der Waals surface area contributed by atoms with Gasteiger partial charge in [-0.15, -0.1) is 19.0 Å². The topological polar surface area (TPSA) is 53.7 Å². The molecule has 0 radical (unpaired) electrons. The lowest BCUT2D eigenvalue weighted by molar-refractivity contribution is 0.296. The van der Waals surface area contributed by atoms with Crippen LogP contribution in [0.3, 0.4) is 0 Å². The number of hydrogen-bond acceptors (Lipinski definition) is 4. The number of halogens is 1. The molecule has 1 atom stereocenters. The molecule has 0 aromatic heterocycles. The molecule has 0 aliphatic carbocycles. The van der Waals surface area contributed by atoms with Crippen LogP contribution in [0.5, 0.6) is 17.2 Å². The third-order valence-electron chi connectivity index (χ3n) is 3.37. The molecule has 0 saturated heterocycles. The highest BCUT2D eigenvalue weighted by molar-refractivity contribution is 5.85. The van der Waals surface area contributed by atoms with Crippen molar-refractivity contribution < 1.29 is 14.2 Å². The molecule has 0 aliphatic heterocycles. The zero-order valence-electron chi connectivity index (χ0n) is 13.3. The molecule has 0 unspecified atom stereocenters. The van der Waals surface area contributed by atoms with E-state index in [-0.39, 0.29) is 18.4 Å². The van der Waals surface area contributed by atoms with E-state index in [4.69, 9.17) is 19.9 Å². The van der Waals surface area contributed by atoms with Crippen molar-refractivity contribution in [1.82, 2.24) is 0 Å². The van der Waals surface area contributed by atoms with Crippen LogP contribution >= 0.6 is 12.4 Å². The van der Waals surface area contributed by atoms with E-state index in [0.717, 1.165) is 11.1 Å². The largest absolute Gasteiger partial charge is 0.493 e. The second-order valence-corrected chi connectivity index (χ2v) is 4.78. The first kappa shape index (κ1) is 18.9. The zero-order valence-corrected chi connectivity index (χ0v) is 14.1. The summed E-state index contributed by atoms with van der Waals surface area (Å²) in [5.41, 5.74) is 7.97. The molecule has 4 nitrogen and oxygen atoms in total. The van der Waals surface area contributed by atoms with E-state index in [0.29, 0.717) is 23.9 Å². The third-order valence-corrected chi connectivity index (χ3v) is 3.37. The van der Waals surface area contributed by atoms with Gasteiger partial charge in [0.2, 0.25) is 0 Å². The van der Waals surface area contributed by atoms with Gasteiger partial charge in [-0.2, -0.15) is 0 Å². The van der Waals surface area contributed by atoms with Gasteiger partial charge in [0.05, 0.1) is 20.3 Å². The highest BCUT2D eigenvalue weighted by Crippen LogP contribution is 2.37. The summed E-state index contributed by atoms with van der Waals surface area (Å²) in [5, 5.41) is 0. The van der Waals surface area contributed by atoms with E-state index < -0.39 is 0 Å². The number of ether oxygens (including phenoxy) is 3. The van der Waals surface area contributed by atoms with Crippen LogP contribution in [-0.2, 0) is 6.61 Å². The van der Waals surface area contributed by atoms with Gasteiger partial charge in [0.1, 0.15) is 12.4 Å². The summed E-state index contributed by atoms with van der Waals surface area (Å²) in [6.45, 7) is 4.19. The monoisotopic (exact) mass is 335 g/mol. The van der Waals surface area contributed by atoms with E-state index >= 15 is 0 Å². The molecule has 5 heteroatoms. The van der Waals surface area contributed by atoms with Gasteiger partial charge in [-0.1, -0.05) is 36.4 Å². The summed E-state index contributed by atoms with van der Waals surface area (Å²) in [6.07, 6.45) is 1.66. The summed E-state index contributed by atoms with van der Waals surface area (Å²) in [4.78, 5) is 0. The normalized spacial score (nSPS) is 11.1. The van der Waals surface area contributed by atoms with Crippen molar-refractivity contribution in [2.75, 3.05) is 14.2 Å². The van der Waals surface area contributed by atoms with Crippen molar-refractivity contribution in [2.24, 2.45) is 5.73 Å². The highest BCUT2D eigenvalue weighted by Gasteiger charge is 2.16. The number of nitrogens with two attached hydrogens (primary N) is 1. The van der Waals surface area contributed by atoms with Gasteiger partial charge >= 0.3 is 0 Å². The summed E-state index contributed by atoms with van der Waals surface area (Å²) in [7, 11) is 3.18. The van der Waals surface area contributed by atoms with Crippen LogP contribution < -0.4 is 19.9 Å². The second-order valence-electron chi connectivity index (χ2n) is 4.78. The van der Waals surface area contributed by atoms with Crippen molar-refractivity contribution >= 4 is 12.4 Å². The Morgan fingerprint density at radius 1 is 1.04 bits per heavy atom. The highest BCUT2D eigenvalue weighted by atomic mass is 35.5. The molecule has 2 rings (SSSR count). The first-order valence-corrected chi connectivity index (χ1v) is 7.00. The SMILES string of the molecule is C=C[C@H](N)c1cc(OC)c(OC)cc1OCc1ccccc1.Cl. The lowest BCUT2D eigenvalue weighted by atomic mass is 10.1. The van der Waals surface area contributed by atoms with Gasteiger partial charge in [0.15, 0.2) is 11.5 Å². The van der Waals surface area contributed by atoms with Gasteiger partial charge in [0.25, 0.3) is 0 Å². The van der Waals surface area contributed by atoms with Crippen molar-refractivity contribution in [3.8, 4) is 17.2 Å². The number of benzene rings is 2. The molecule has 0 heterocycles. The first-order chi connectivity index (χ1) is 10.7. The average molecular weight is 336 g/mol. The fourth-order valence-corrected chi connectivity index (χ4v) is 2.12. The van der Waals surface area contributed by atoms with Crippen molar-refractivity contribution in [1.29, 1.82) is 0 Å². The fourth-order valence-electron chi connectivity index (χ4n) is 2.12. The van der Waals surface area contributed by atoms with Gasteiger partial charge < -0.3 is 19.9 Å². The van der Waals surface area contributed by atoms with Crippen LogP contribution in [0.1, 0.15) is 17.2 Å². The molecular weight excluding hydrogens is 314 g/mol. The van der Waals surface area contributed by atoms with Crippen LogP contribution in [0.4, 0.5) is 0 Å². The molecule has 23 heavy (non-hydrogen) atoms. The Morgan fingerprint density at radius 3 is 2.22 bits per heavy atom. The van der Waals surface area contributed by atoms with E-state index in [1.165, 1.54) is 0 Å². The molecule has 0 saturated carbocycles. The van der Waals surface area contributed by atoms with Gasteiger partial charge in [0, 0.05) is 11.6 Å². The standard InChI is InChI=1S/C18H21NO3.ClH/c1-4-15(19)14-10-17(20-2)18(21-3)11-16(14)22-12-13-8-6-5-7-9-13;/h4-11,15H,1,12,19H2,2-3H3;1H/t15-;/m0./s1. The maximum Gasteiger partial charge on any atom is 0.164 e. The molecule has 0 spiro atoms. The van der Waals surface area contributed by atoms with Gasteiger partial charge in [-0.3, -0.25) is 0 Å². The van der Waals surface area contributed by atoms with Crippen LogP contribution in [-0.4, -0.2) is 14.2 Å². The Labute approximate surface area is 143 Å². The maximum atomic E-state index is 6.08. The number of hydrogen-bond donors (Lipinski definition) is 1. The van der Waals surface area contributed by atoms with Crippen molar-refractivity contribution in [3.63, 3.8) is 0 Å². The van der Waals surface area contributed by atoms with Crippen LogP contribution in [0.25, 0.3) is 0 Å². The van der Waals surface area contributed by atoms with Gasteiger partial charge in [-0.05, 0) is 11.6 Å². The van der Waals surface area contributed by atoms with Gasteiger partial charge in [-0.25, -0.2) is 0 Å². The van der Waals surface area contributed by atoms with E-state index in [2.05, 4.69) is 6.58 Å². The molecular formula is C18H22ClNO3. The maximum absolute atomic E-state index is 6.08. The lowest BCUT2D eigenvalue weighted by Gasteiger charge is -2.18. The average Bonchev–Trinajstić information content (AvgIpc) is 2.59. The number of methoxy groups -OCH3 is 2. The fraction of sp³-hybridized carbons (Fsp3) is 0.222. The smallest absolute Gasteiger partial charge is 0.164 e. The van der Waals surface area contributed by atoms with Crippen LogP contribution in [0.2, 0.25) is 0 Å². The minimum absolute atomic E-state index is 0. The van der Waals surface area contributed by atoms with Crippen molar-refractivity contribution in [2.45, 2.75) is 12.6 Å². The molecule has 0 amide bonds. The van der Waals surface area contributed by atoms with E-state index in [9.17, 15) is 0 Å². The molecule has 0 bridgehead atoms. The van der Waals surface area contributed by atoms with E-state index in [1.807, 2.05) is 36.4 Å². The molecule has 2 aromatic carbocycles.